The third-order valence-corrected chi connectivity index (χ3v) is 3.52. The fourth-order valence-corrected chi connectivity index (χ4v) is 2.24. The Morgan fingerprint density at radius 3 is 2.91 bits per heavy atom. The maximum atomic E-state index is 11.4. The Balaban J connectivity index is 1.97. The molecule has 8 heteroatoms. The van der Waals surface area contributed by atoms with Crippen LogP contribution in [0.15, 0.2) is 41.2 Å². The molecule has 0 aliphatic carbocycles. The minimum absolute atomic E-state index is 0.202. The molecule has 0 atom stereocenters. The second-order valence-electron chi connectivity index (χ2n) is 4.85. The van der Waals surface area contributed by atoms with Crippen LogP contribution >= 0.6 is 12.2 Å². The largest absolute Gasteiger partial charge is 0.483 e. The number of aryl methyl sites for hydroxylation is 1. The molecule has 1 aliphatic rings. The first-order valence-corrected chi connectivity index (χ1v) is 7.16. The van der Waals surface area contributed by atoms with E-state index in [0.29, 0.717) is 10.6 Å². The number of hydrogen-bond acceptors (Lipinski definition) is 6. The van der Waals surface area contributed by atoms with E-state index in [9.17, 15) is 9.59 Å². The zero-order chi connectivity index (χ0) is 16.4. The summed E-state index contributed by atoms with van der Waals surface area (Å²) in [4.78, 5) is 22.5. The zero-order valence-electron chi connectivity index (χ0n) is 12.1. The predicted octanol–water partition coefficient (Wildman–Crippen LogP) is 1.80. The lowest BCUT2D eigenvalue weighted by Gasteiger charge is -2.09. The lowest BCUT2D eigenvalue weighted by atomic mass is 10.1. The van der Waals surface area contributed by atoms with Gasteiger partial charge in [-0.25, -0.2) is 5.10 Å². The van der Waals surface area contributed by atoms with E-state index in [-0.39, 0.29) is 12.4 Å². The van der Waals surface area contributed by atoms with E-state index in [1.165, 1.54) is 10.9 Å². The van der Waals surface area contributed by atoms with Gasteiger partial charge >= 0.3 is 0 Å². The van der Waals surface area contributed by atoms with Crippen LogP contribution in [0.25, 0.3) is 11.4 Å². The van der Waals surface area contributed by atoms with Gasteiger partial charge in [0.2, 0.25) is 16.3 Å². The van der Waals surface area contributed by atoms with Crippen molar-refractivity contribution in [3.05, 3.63) is 46.4 Å². The van der Waals surface area contributed by atoms with Crippen molar-refractivity contribution in [3.8, 4) is 11.4 Å². The van der Waals surface area contributed by atoms with Crippen LogP contribution in [0.2, 0.25) is 0 Å². The van der Waals surface area contributed by atoms with E-state index >= 15 is 0 Å². The number of carbonyl (C=O) groups is 2. The predicted molar refractivity (Wildman–Crippen MR) is 85.5 cm³/mol. The van der Waals surface area contributed by atoms with E-state index in [1.807, 2.05) is 31.2 Å². The fraction of sp³-hybridized carbons (Fsp3) is 0.133. The average molecular weight is 328 g/mol. The summed E-state index contributed by atoms with van der Waals surface area (Å²) in [5.74, 6) is -0.438. The first-order valence-electron chi connectivity index (χ1n) is 6.75. The van der Waals surface area contributed by atoms with Crippen molar-refractivity contribution in [2.45, 2.75) is 6.92 Å². The molecule has 7 nitrogen and oxygen atoms in total. The molecule has 2 aromatic rings. The molecule has 1 aromatic heterocycles. The van der Waals surface area contributed by atoms with Crippen LogP contribution in [0.5, 0.6) is 0 Å². The highest BCUT2D eigenvalue weighted by Crippen LogP contribution is 2.21. The van der Waals surface area contributed by atoms with Gasteiger partial charge in [0.15, 0.2) is 12.4 Å². The molecule has 0 radical (unpaired) electrons. The van der Waals surface area contributed by atoms with E-state index in [1.54, 1.807) is 0 Å². The van der Waals surface area contributed by atoms with Crippen LogP contribution in [-0.4, -0.2) is 39.3 Å². The Morgan fingerprint density at radius 1 is 1.39 bits per heavy atom. The van der Waals surface area contributed by atoms with Crippen molar-refractivity contribution < 1.29 is 14.3 Å². The highest BCUT2D eigenvalue weighted by atomic mass is 32.1. The Morgan fingerprint density at radius 2 is 2.17 bits per heavy atom. The maximum Gasteiger partial charge on any atom is 0.240 e. The lowest BCUT2D eigenvalue weighted by molar-refractivity contribution is -0.137. The van der Waals surface area contributed by atoms with Crippen molar-refractivity contribution in [1.29, 1.82) is 0 Å². The molecule has 23 heavy (non-hydrogen) atoms. The molecule has 0 unspecified atom stereocenters. The van der Waals surface area contributed by atoms with Gasteiger partial charge in [0.05, 0.1) is 6.21 Å². The maximum absolute atomic E-state index is 11.4. The summed E-state index contributed by atoms with van der Waals surface area (Å²) in [7, 11) is 0. The van der Waals surface area contributed by atoms with Crippen molar-refractivity contribution in [2.24, 2.45) is 5.10 Å². The average Bonchev–Trinajstić information content (AvgIpc) is 2.90. The molecule has 0 spiro atoms. The molecule has 0 amide bonds. The fourth-order valence-electron chi connectivity index (χ4n) is 2.06. The van der Waals surface area contributed by atoms with Gasteiger partial charge < -0.3 is 4.74 Å². The Kier molecular flexibility index (Phi) is 3.98. The first kappa shape index (κ1) is 15.0. The molecule has 116 valence electrons. The third kappa shape index (κ3) is 3.02. The van der Waals surface area contributed by atoms with Crippen LogP contribution in [0.4, 0.5) is 0 Å². The Bertz CT molecular complexity index is 907. The number of nitrogens with one attached hydrogen (secondary N) is 1. The zero-order valence-corrected chi connectivity index (χ0v) is 13.0. The molecule has 0 saturated heterocycles. The smallest absolute Gasteiger partial charge is 0.240 e. The molecule has 2 heterocycles. The van der Waals surface area contributed by atoms with Crippen molar-refractivity contribution in [1.82, 2.24) is 14.9 Å². The molecule has 1 aliphatic heterocycles. The number of benzene rings is 1. The van der Waals surface area contributed by atoms with E-state index in [0.717, 1.165) is 17.2 Å². The second-order valence-corrected chi connectivity index (χ2v) is 5.23. The van der Waals surface area contributed by atoms with Gasteiger partial charge in [-0.2, -0.15) is 14.9 Å². The number of ketones is 2. The van der Waals surface area contributed by atoms with E-state index in [2.05, 4.69) is 15.3 Å². The minimum atomic E-state index is -0.604. The van der Waals surface area contributed by atoms with Crippen LogP contribution in [-0.2, 0) is 14.3 Å². The summed E-state index contributed by atoms with van der Waals surface area (Å²) >= 11 is 5.17. The van der Waals surface area contributed by atoms with Gasteiger partial charge in [-0.05, 0) is 24.7 Å². The summed E-state index contributed by atoms with van der Waals surface area (Å²) in [6, 6.07) is 7.69. The van der Waals surface area contributed by atoms with Gasteiger partial charge in [0, 0.05) is 11.6 Å². The van der Waals surface area contributed by atoms with Crippen molar-refractivity contribution >= 4 is 30.0 Å². The first-order chi connectivity index (χ1) is 11.1. The standard InChI is InChI=1S/C15H12N4O3S/c1-9-4-2-3-5-11(9)14-17-18-15(23)19(14)16-7-10-6-12(20)13(21)8-22-10/h2-7H,8H2,1H3,(H,18,23)/b16-7+. The van der Waals surface area contributed by atoms with Gasteiger partial charge in [-0.3, -0.25) is 9.59 Å². The number of allylic oxidation sites excluding steroid dienone is 2. The number of aromatic nitrogens is 3. The molecule has 0 fully saturated rings. The Hall–Kier alpha value is -2.87. The Labute approximate surface area is 136 Å². The van der Waals surface area contributed by atoms with Crippen LogP contribution in [0.1, 0.15) is 5.56 Å². The van der Waals surface area contributed by atoms with E-state index in [4.69, 9.17) is 17.0 Å². The van der Waals surface area contributed by atoms with Crippen molar-refractivity contribution in [2.75, 3.05) is 6.61 Å². The minimum Gasteiger partial charge on any atom is -0.483 e. The van der Waals surface area contributed by atoms with Crippen molar-refractivity contribution in [3.63, 3.8) is 0 Å². The lowest BCUT2D eigenvalue weighted by Crippen LogP contribution is -2.23. The van der Waals surface area contributed by atoms with Gasteiger partial charge in [0.25, 0.3) is 0 Å². The number of carbonyl (C=O) groups excluding carboxylic acids is 2. The number of ether oxygens (including phenoxy) is 1. The highest BCUT2D eigenvalue weighted by Gasteiger charge is 2.19. The number of hydrogen-bond donors (Lipinski definition) is 1. The monoisotopic (exact) mass is 328 g/mol. The third-order valence-electron chi connectivity index (χ3n) is 3.25. The molecular weight excluding hydrogens is 316 g/mol. The normalized spacial score (nSPS) is 14.9. The topological polar surface area (TPSA) is 89.3 Å². The van der Waals surface area contributed by atoms with E-state index < -0.39 is 11.6 Å². The molecule has 1 N–H and O–H groups in total. The second kappa shape index (κ2) is 6.09. The molecule has 1 aromatic carbocycles. The van der Waals surface area contributed by atoms with Gasteiger partial charge in [0.1, 0.15) is 5.76 Å². The SMILES string of the molecule is Cc1ccccc1-c1n[nH]c(=S)n1/N=C/C1=CC(=O)C(=O)CO1. The molecule has 0 bridgehead atoms. The number of nitrogens with zero attached hydrogens (tertiary/aromatic N) is 3. The highest BCUT2D eigenvalue weighted by molar-refractivity contribution is 7.71. The summed E-state index contributed by atoms with van der Waals surface area (Å²) < 4.78 is 6.87. The van der Waals surface area contributed by atoms with Crippen LogP contribution < -0.4 is 0 Å². The molecule has 0 saturated carbocycles. The molecule has 3 rings (SSSR count). The van der Waals surface area contributed by atoms with Gasteiger partial charge in [-0.1, -0.05) is 24.3 Å². The summed E-state index contributed by atoms with van der Waals surface area (Å²) in [5.41, 5.74) is 1.90. The number of aromatic amines is 1. The van der Waals surface area contributed by atoms with Crippen LogP contribution in [0, 0.1) is 11.7 Å². The molecular formula is C15H12N4O3S. The number of H-pyrrole nitrogens is 1. The quantitative estimate of drug-likeness (QED) is 0.527. The van der Waals surface area contributed by atoms with Crippen LogP contribution in [0.3, 0.4) is 0 Å². The summed E-state index contributed by atoms with van der Waals surface area (Å²) in [5, 5.41) is 11.1. The summed E-state index contributed by atoms with van der Waals surface area (Å²) in [6.07, 6.45) is 2.43. The number of Topliss-reactive ketones (excluding diaryl/α,β-unsaturated/α-hetero) is 1. The number of rotatable bonds is 3. The summed E-state index contributed by atoms with van der Waals surface area (Å²) in [6.45, 7) is 1.68. The van der Waals surface area contributed by atoms with Gasteiger partial charge in [-0.15, -0.1) is 0 Å².